The maximum atomic E-state index is 12.1. The van der Waals surface area contributed by atoms with E-state index in [1.807, 2.05) is 6.92 Å². The normalized spacial score (nSPS) is 16.4. The first-order valence-corrected chi connectivity index (χ1v) is 6.25. The van der Waals surface area contributed by atoms with Gasteiger partial charge in [0.15, 0.2) is 0 Å². The zero-order valence-corrected chi connectivity index (χ0v) is 10.8. The summed E-state index contributed by atoms with van der Waals surface area (Å²) in [4.78, 5) is 26.2. The number of nitrogens with zero attached hydrogens (tertiary/aromatic N) is 2. The SMILES string of the molecule is CCC(C(=O)O)N(C)C(=O)N(CC)CC1CC1. The third-order valence-electron chi connectivity index (χ3n) is 3.27. The van der Waals surface area contributed by atoms with Gasteiger partial charge in [0.2, 0.25) is 0 Å². The number of urea groups is 1. The quantitative estimate of drug-likeness (QED) is 0.770. The Labute approximate surface area is 102 Å². The van der Waals surface area contributed by atoms with Crippen molar-refractivity contribution in [1.29, 1.82) is 0 Å². The van der Waals surface area contributed by atoms with Gasteiger partial charge in [-0.2, -0.15) is 0 Å². The molecule has 1 unspecified atom stereocenters. The molecule has 0 spiro atoms. The second kappa shape index (κ2) is 5.89. The van der Waals surface area contributed by atoms with E-state index in [1.165, 1.54) is 17.7 Å². The third kappa shape index (κ3) is 3.61. The van der Waals surface area contributed by atoms with E-state index in [1.54, 1.807) is 18.9 Å². The average molecular weight is 242 g/mol. The van der Waals surface area contributed by atoms with E-state index < -0.39 is 12.0 Å². The lowest BCUT2D eigenvalue weighted by Crippen LogP contribution is -2.49. The van der Waals surface area contributed by atoms with Crippen molar-refractivity contribution in [3.8, 4) is 0 Å². The predicted molar refractivity (Wildman–Crippen MR) is 64.8 cm³/mol. The Bertz CT molecular complexity index is 289. The van der Waals surface area contributed by atoms with Crippen molar-refractivity contribution in [2.75, 3.05) is 20.1 Å². The lowest BCUT2D eigenvalue weighted by molar-refractivity contribution is -0.142. The van der Waals surface area contributed by atoms with Crippen LogP contribution < -0.4 is 0 Å². The van der Waals surface area contributed by atoms with Crippen molar-refractivity contribution in [2.45, 2.75) is 39.2 Å². The van der Waals surface area contributed by atoms with E-state index in [9.17, 15) is 9.59 Å². The molecule has 0 aromatic heterocycles. The lowest BCUT2D eigenvalue weighted by atomic mass is 10.2. The smallest absolute Gasteiger partial charge is 0.326 e. The summed E-state index contributed by atoms with van der Waals surface area (Å²) in [5.74, 6) is -0.317. The van der Waals surface area contributed by atoms with Crippen LogP contribution in [0.1, 0.15) is 33.1 Å². The van der Waals surface area contributed by atoms with Gasteiger partial charge in [0.05, 0.1) is 0 Å². The Hall–Kier alpha value is -1.26. The number of hydrogen-bond donors (Lipinski definition) is 1. The molecule has 0 saturated heterocycles. The summed E-state index contributed by atoms with van der Waals surface area (Å²) in [6.07, 6.45) is 2.80. The zero-order chi connectivity index (χ0) is 13.0. The van der Waals surface area contributed by atoms with Gasteiger partial charge in [0, 0.05) is 20.1 Å². The fourth-order valence-electron chi connectivity index (χ4n) is 1.93. The molecule has 0 aromatic rings. The predicted octanol–water partition coefficient (Wildman–Crippen LogP) is 1.63. The van der Waals surface area contributed by atoms with Crippen molar-refractivity contribution >= 4 is 12.0 Å². The van der Waals surface area contributed by atoms with Crippen molar-refractivity contribution in [1.82, 2.24) is 9.80 Å². The summed E-state index contributed by atoms with van der Waals surface area (Å²) in [6.45, 7) is 5.10. The van der Waals surface area contributed by atoms with Crippen LogP contribution >= 0.6 is 0 Å². The Kier molecular flexibility index (Phi) is 4.78. The topological polar surface area (TPSA) is 60.9 Å². The second-order valence-electron chi connectivity index (χ2n) is 4.64. The average Bonchev–Trinajstić information content (AvgIpc) is 3.09. The van der Waals surface area contributed by atoms with E-state index in [0.717, 1.165) is 6.54 Å². The number of carbonyl (C=O) groups excluding carboxylic acids is 1. The third-order valence-corrected chi connectivity index (χ3v) is 3.27. The van der Waals surface area contributed by atoms with Gasteiger partial charge in [-0.3, -0.25) is 0 Å². The first-order chi connectivity index (χ1) is 8.01. The molecule has 98 valence electrons. The molecule has 0 bridgehead atoms. The van der Waals surface area contributed by atoms with Crippen LogP contribution in [0.15, 0.2) is 0 Å². The van der Waals surface area contributed by atoms with Crippen LogP contribution in [0, 0.1) is 5.92 Å². The van der Waals surface area contributed by atoms with Gasteiger partial charge in [-0.25, -0.2) is 9.59 Å². The van der Waals surface area contributed by atoms with Crippen molar-refractivity contribution in [3.63, 3.8) is 0 Å². The van der Waals surface area contributed by atoms with Gasteiger partial charge >= 0.3 is 12.0 Å². The van der Waals surface area contributed by atoms with Gasteiger partial charge in [0.25, 0.3) is 0 Å². The van der Waals surface area contributed by atoms with E-state index in [0.29, 0.717) is 18.9 Å². The fraction of sp³-hybridized carbons (Fsp3) is 0.833. The maximum Gasteiger partial charge on any atom is 0.326 e. The Morgan fingerprint density at radius 1 is 1.35 bits per heavy atom. The van der Waals surface area contributed by atoms with E-state index in [-0.39, 0.29) is 6.03 Å². The molecule has 1 saturated carbocycles. The van der Waals surface area contributed by atoms with Gasteiger partial charge < -0.3 is 14.9 Å². The Balaban J connectivity index is 2.60. The van der Waals surface area contributed by atoms with E-state index in [4.69, 9.17) is 5.11 Å². The second-order valence-corrected chi connectivity index (χ2v) is 4.64. The molecule has 1 rings (SSSR count). The molecule has 0 aromatic carbocycles. The maximum absolute atomic E-state index is 12.1. The largest absolute Gasteiger partial charge is 0.480 e. The molecule has 1 aliphatic carbocycles. The summed E-state index contributed by atoms with van der Waals surface area (Å²) in [7, 11) is 1.57. The zero-order valence-electron chi connectivity index (χ0n) is 10.8. The standard InChI is InChI=1S/C12H22N2O3/c1-4-10(11(15)16)13(3)12(17)14(5-2)8-9-6-7-9/h9-10H,4-8H2,1-3H3,(H,15,16). The highest BCUT2D eigenvalue weighted by atomic mass is 16.4. The minimum Gasteiger partial charge on any atom is -0.480 e. The molecule has 17 heavy (non-hydrogen) atoms. The molecular formula is C12H22N2O3. The fourth-order valence-corrected chi connectivity index (χ4v) is 1.93. The van der Waals surface area contributed by atoms with Crippen LogP contribution in [0.5, 0.6) is 0 Å². The van der Waals surface area contributed by atoms with Crippen LogP contribution in [0.3, 0.4) is 0 Å². The molecule has 1 N–H and O–H groups in total. The van der Waals surface area contributed by atoms with Crippen LogP contribution in [-0.4, -0.2) is 53.1 Å². The monoisotopic (exact) mass is 242 g/mol. The molecular weight excluding hydrogens is 220 g/mol. The highest BCUT2D eigenvalue weighted by molar-refractivity contribution is 5.82. The van der Waals surface area contributed by atoms with E-state index >= 15 is 0 Å². The highest BCUT2D eigenvalue weighted by Gasteiger charge is 2.31. The number of amides is 2. The molecule has 1 fully saturated rings. The number of hydrogen-bond acceptors (Lipinski definition) is 2. The van der Waals surface area contributed by atoms with Gasteiger partial charge in [-0.1, -0.05) is 6.92 Å². The van der Waals surface area contributed by atoms with E-state index in [2.05, 4.69) is 0 Å². The minimum absolute atomic E-state index is 0.173. The number of carboxylic acids is 1. The van der Waals surface area contributed by atoms with Crippen LogP contribution in [-0.2, 0) is 4.79 Å². The molecule has 1 atom stereocenters. The summed E-state index contributed by atoms with van der Waals surface area (Å²) in [5.41, 5.74) is 0. The Morgan fingerprint density at radius 2 is 1.94 bits per heavy atom. The first-order valence-electron chi connectivity index (χ1n) is 6.25. The molecule has 5 nitrogen and oxygen atoms in total. The molecule has 5 heteroatoms. The first kappa shape index (κ1) is 13.8. The number of carbonyl (C=O) groups is 2. The molecule has 2 amide bonds. The summed E-state index contributed by atoms with van der Waals surface area (Å²) >= 11 is 0. The van der Waals surface area contributed by atoms with Gasteiger partial charge in [-0.05, 0) is 32.1 Å². The van der Waals surface area contributed by atoms with Crippen LogP contribution in [0.2, 0.25) is 0 Å². The molecule has 0 radical (unpaired) electrons. The summed E-state index contributed by atoms with van der Waals surface area (Å²) in [5, 5.41) is 9.03. The van der Waals surface area contributed by atoms with Gasteiger partial charge in [0.1, 0.15) is 6.04 Å². The van der Waals surface area contributed by atoms with Crippen molar-refractivity contribution in [2.24, 2.45) is 5.92 Å². The highest BCUT2D eigenvalue weighted by Crippen LogP contribution is 2.30. The summed E-state index contributed by atoms with van der Waals surface area (Å²) in [6, 6.07) is -0.899. The lowest BCUT2D eigenvalue weighted by Gasteiger charge is -2.30. The molecule has 1 aliphatic rings. The number of likely N-dealkylation sites (N-methyl/N-ethyl adjacent to an activating group) is 1. The van der Waals surface area contributed by atoms with Gasteiger partial charge in [-0.15, -0.1) is 0 Å². The molecule has 0 heterocycles. The number of carboxylic acid groups (broad SMARTS) is 1. The van der Waals surface area contributed by atoms with Crippen molar-refractivity contribution in [3.05, 3.63) is 0 Å². The van der Waals surface area contributed by atoms with Crippen LogP contribution in [0.25, 0.3) is 0 Å². The summed E-state index contributed by atoms with van der Waals surface area (Å²) < 4.78 is 0. The minimum atomic E-state index is -0.939. The van der Waals surface area contributed by atoms with Crippen molar-refractivity contribution < 1.29 is 14.7 Å². The number of rotatable bonds is 6. The molecule has 0 aliphatic heterocycles. The Morgan fingerprint density at radius 3 is 2.29 bits per heavy atom. The van der Waals surface area contributed by atoms with Crippen LogP contribution in [0.4, 0.5) is 4.79 Å². The number of aliphatic carboxylic acids is 1.